The van der Waals surface area contributed by atoms with E-state index in [2.05, 4.69) is 10.3 Å². The van der Waals surface area contributed by atoms with Gasteiger partial charge < -0.3 is 9.88 Å². The van der Waals surface area contributed by atoms with Gasteiger partial charge in [0.15, 0.2) is 0 Å². The Morgan fingerprint density at radius 3 is 2.89 bits per heavy atom. The molecule has 0 unspecified atom stereocenters. The molecule has 0 fully saturated rings. The van der Waals surface area contributed by atoms with Crippen LogP contribution in [0.2, 0.25) is 0 Å². The Morgan fingerprint density at radius 1 is 1.39 bits per heavy atom. The van der Waals surface area contributed by atoms with Crippen molar-refractivity contribution in [3.63, 3.8) is 0 Å². The second kappa shape index (κ2) is 5.27. The third-order valence-electron chi connectivity index (χ3n) is 2.52. The number of pyridine rings is 2. The van der Waals surface area contributed by atoms with Crippen LogP contribution in [0.3, 0.4) is 0 Å². The van der Waals surface area contributed by atoms with Gasteiger partial charge in [-0.05, 0) is 17.7 Å². The van der Waals surface area contributed by atoms with Crippen LogP contribution in [0, 0.1) is 0 Å². The standard InChI is InChI=1S/C13H13N3O2/c1-16-9-11(4-5-12(16)17)13(18)15-8-10-3-2-6-14-7-10/h2-7,9H,8H2,1H3,(H,15,18). The van der Waals surface area contributed by atoms with E-state index in [0.717, 1.165) is 5.56 Å². The van der Waals surface area contributed by atoms with Gasteiger partial charge in [0.05, 0.1) is 5.56 Å². The van der Waals surface area contributed by atoms with E-state index in [1.807, 2.05) is 12.1 Å². The molecule has 0 radical (unpaired) electrons. The second-order valence-electron chi connectivity index (χ2n) is 3.91. The third-order valence-corrected chi connectivity index (χ3v) is 2.52. The van der Waals surface area contributed by atoms with Gasteiger partial charge in [0, 0.05) is 38.2 Å². The van der Waals surface area contributed by atoms with Crippen molar-refractivity contribution in [2.75, 3.05) is 0 Å². The van der Waals surface area contributed by atoms with Gasteiger partial charge in [0.25, 0.3) is 5.91 Å². The number of rotatable bonds is 3. The lowest BCUT2D eigenvalue weighted by Gasteiger charge is -2.06. The number of carbonyl (C=O) groups is 1. The van der Waals surface area contributed by atoms with Crippen molar-refractivity contribution in [3.8, 4) is 0 Å². The van der Waals surface area contributed by atoms with Crippen LogP contribution < -0.4 is 10.9 Å². The van der Waals surface area contributed by atoms with Gasteiger partial charge in [-0.3, -0.25) is 14.6 Å². The number of aromatic nitrogens is 2. The van der Waals surface area contributed by atoms with Gasteiger partial charge in [-0.25, -0.2) is 0 Å². The molecule has 0 atom stereocenters. The molecule has 5 nitrogen and oxygen atoms in total. The topological polar surface area (TPSA) is 64.0 Å². The van der Waals surface area contributed by atoms with E-state index in [0.29, 0.717) is 12.1 Å². The van der Waals surface area contributed by atoms with E-state index in [-0.39, 0.29) is 11.5 Å². The van der Waals surface area contributed by atoms with Crippen molar-refractivity contribution in [2.45, 2.75) is 6.54 Å². The summed E-state index contributed by atoms with van der Waals surface area (Å²) in [5.74, 6) is -0.213. The summed E-state index contributed by atoms with van der Waals surface area (Å²) in [7, 11) is 1.61. The molecule has 0 spiro atoms. The van der Waals surface area contributed by atoms with Crippen LogP contribution in [-0.4, -0.2) is 15.5 Å². The zero-order valence-electron chi connectivity index (χ0n) is 9.96. The zero-order chi connectivity index (χ0) is 13.0. The van der Waals surface area contributed by atoms with Crippen LogP contribution in [0.5, 0.6) is 0 Å². The molecular formula is C13H13N3O2. The first-order valence-corrected chi connectivity index (χ1v) is 5.50. The maximum absolute atomic E-state index is 11.8. The van der Waals surface area contributed by atoms with Crippen molar-refractivity contribution >= 4 is 5.91 Å². The minimum absolute atomic E-state index is 0.140. The molecule has 2 aromatic heterocycles. The maximum atomic E-state index is 11.8. The number of hydrogen-bond donors (Lipinski definition) is 1. The predicted molar refractivity (Wildman–Crippen MR) is 67.1 cm³/mol. The first-order chi connectivity index (χ1) is 8.66. The summed E-state index contributed by atoms with van der Waals surface area (Å²) in [5.41, 5.74) is 1.25. The fraction of sp³-hybridized carbons (Fsp3) is 0.154. The van der Waals surface area contributed by atoms with E-state index in [9.17, 15) is 9.59 Å². The van der Waals surface area contributed by atoms with Gasteiger partial charge in [-0.1, -0.05) is 6.07 Å². The molecule has 18 heavy (non-hydrogen) atoms. The van der Waals surface area contributed by atoms with E-state index < -0.39 is 0 Å². The van der Waals surface area contributed by atoms with Crippen molar-refractivity contribution < 1.29 is 4.79 Å². The highest BCUT2D eigenvalue weighted by molar-refractivity contribution is 5.93. The van der Waals surface area contributed by atoms with Crippen molar-refractivity contribution in [2.24, 2.45) is 7.05 Å². The molecule has 0 saturated carbocycles. The first kappa shape index (κ1) is 12.0. The molecule has 2 aromatic rings. The molecule has 92 valence electrons. The van der Waals surface area contributed by atoms with Gasteiger partial charge in [-0.15, -0.1) is 0 Å². The van der Waals surface area contributed by atoms with E-state index in [1.54, 1.807) is 19.4 Å². The average Bonchev–Trinajstić information content (AvgIpc) is 2.40. The summed E-state index contributed by atoms with van der Waals surface area (Å²) >= 11 is 0. The molecule has 1 N–H and O–H groups in total. The summed E-state index contributed by atoms with van der Waals surface area (Å²) in [5, 5.41) is 2.77. The lowest BCUT2D eigenvalue weighted by atomic mass is 10.2. The Morgan fingerprint density at radius 2 is 2.22 bits per heavy atom. The average molecular weight is 243 g/mol. The van der Waals surface area contributed by atoms with Crippen LogP contribution >= 0.6 is 0 Å². The van der Waals surface area contributed by atoms with Gasteiger partial charge in [-0.2, -0.15) is 0 Å². The molecule has 2 rings (SSSR count). The monoisotopic (exact) mass is 243 g/mol. The fourth-order valence-corrected chi connectivity index (χ4v) is 1.52. The summed E-state index contributed by atoms with van der Waals surface area (Å²) < 4.78 is 1.37. The molecule has 5 heteroatoms. The minimum Gasteiger partial charge on any atom is -0.348 e. The molecule has 2 heterocycles. The zero-order valence-corrected chi connectivity index (χ0v) is 9.96. The van der Waals surface area contributed by atoms with Crippen LogP contribution in [0.1, 0.15) is 15.9 Å². The summed E-state index contributed by atoms with van der Waals surface area (Å²) in [6, 6.07) is 6.58. The molecule has 0 aliphatic rings. The third kappa shape index (κ3) is 2.82. The minimum atomic E-state index is -0.213. The molecule has 0 aromatic carbocycles. The fourth-order valence-electron chi connectivity index (χ4n) is 1.52. The molecular weight excluding hydrogens is 230 g/mol. The Kier molecular flexibility index (Phi) is 3.52. The second-order valence-corrected chi connectivity index (χ2v) is 3.91. The van der Waals surface area contributed by atoms with Crippen LogP contribution in [0.25, 0.3) is 0 Å². The van der Waals surface area contributed by atoms with Crippen molar-refractivity contribution in [1.29, 1.82) is 0 Å². The van der Waals surface area contributed by atoms with Gasteiger partial charge in [0.2, 0.25) is 5.56 Å². The Hall–Kier alpha value is -2.43. The lowest BCUT2D eigenvalue weighted by Crippen LogP contribution is -2.25. The van der Waals surface area contributed by atoms with Gasteiger partial charge >= 0.3 is 0 Å². The molecule has 0 saturated heterocycles. The number of aryl methyl sites for hydroxylation is 1. The van der Waals surface area contributed by atoms with E-state index >= 15 is 0 Å². The Balaban J connectivity index is 2.04. The first-order valence-electron chi connectivity index (χ1n) is 5.50. The largest absolute Gasteiger partial charge is 0.348 e. The van der Waals surface area contributed by atoms with Gasteiger partial charge in [0.1, 0.15) is 0 Å². The van der Waals surface area contributed by atoms with Crippen molar-refractivity contribution in [1.82, 2.24) is 14.9 Å². The quantitative estimate of drug-likeness (QED) is 0.863. The maximum Gasteiger partial charge on any atom is 0.253 e. The van der Waals surface area contributed by atoms with Crippen LogP contribution in [0.4, 0.5) is 0 Å². The van der Waals surface area contributed by atoms with Crippen LogP contribution in [0.15, 0.2) is 47.7 Å². The number of nitrogens with zero attached hydrogens (tertiary/aromatic N) is 2. The highest BCUT2D eigenvalue weighted by Crippen LogP contribution is 1.98. The summed E-state index contributed by atoms with van der Waals surface area (Å²) in [6.45, 7) is 0.412. The molecule has 0 aliphatic heterocycles. The highest BCUT2D eigenvalue weighted by atomic mass is 16.1. The predicted octanol–water partition coefficient (Wildman–Crippen LogP) is 0.710. The van der Waals surface area contributed by atoms with E-state index in [4.69, 9.17) is 0 Å². The highest BCUT2D eigenvalue weighted by Gasteiger charge is 2.05. The Bertz CT molecular complexity index is 605. The Labute approximate surface area is 104 Å². The van der Waals surface area contributed by atoms with E-state index in [1.165, 1.54) is 22.9 Å². The van der Waals surface area contributed by atoms with Crippen LogP contribution in [-0.2, 0) is 13.6 Å². The normalized spacial score (nSPS) is 10.1. The number of amides is 1. The number of carbonyl (C=O) groups excluding carboxylic acids is 1. The summed E-state index contributed by atoms with van der Waals surface area (Å²) in [6.07, 6.45) is 4.89. The number of nitrogens with one attached hydrogen (secondary N) is 1. The molecule has 1 amide bonds. The molecule has 0 bridgehead atoms. The lowest BCUT2D eigenvalue weighted by molar-refractivity contribution is 0.0950. The number of hydrogen-bond acceptors (Lipinski definition) is 3. The SMILES string of the molecule is Cn1cc(C(=O)NCc2cccnc2)ccc1=O. The summed E-state index contributed by atoms with van der Waals surface area (Å²) in [4.78, 5) is 27.0. The van der Waals surface area contributed by atoms with Crippen molar-refractivity contribution in [3.05, 3.63) is 64.3 Å². The smallest absolute Gasteiger partial charge is 0.253 e. The molecule has 0 aliphatic carbocycles.